The highest BCUT2D eigenvalue weighted by molar-refractivity contribution is 7.99. The maximum absolute atomic E-state index is 11.2. The van der Waals surface area contributed by atoms with Gasteiger partial charge in [-0.05, 0) is 27.0 Å². The van der Waals surface area contributed by atoms with E-state index in [1.165, 1.54) is 6.92 Å². The van der Waals surface area contributed by atoms with E-state index in [1.54, 1.807) is 11.8 Å². The molecule has 0 aliphatic rings. The SMILES string of the molecule is CSC(C)(C)CNC(=O)NC(C)C(=O)O. The Morgan fingerprint density at radius 3 is 2.40 bits per heavy atom. The molecule has 0 aliphatic heterocycles. The van der Waals surface area contributed by atoms with Gasteiger partial charge in [0.2, 0.25) is 0 Å². The molecule has 0 rings (SSSR count). The van der Waals surface area contributed by atoms with Gasteiger partial charge in [0.1, 0.15) is 6.04 Å². The standard InChI is InChI=1S/C9H18N2O3S/c1-6(7(12)13)11-8(14)10-5-9(2,3)15-4/h6H,5H2,1-4H3,(H,12,13)(H2,10,11,14). The van der Waals surface area contributed by atoms with Crippen molar-refractivity contribution in [2.45, 2.75) is 31.6 Å². The quantitative estimate of drug-likeness (QED) is 0.660. The van der Waals surface area contributed by atoms with Crippen molar-refractivity contribution >= 4 is 23.8 Å². The minimum absolute atomic E-state index is 0.0518. The summed E-state index contributed by atoms with van der Waals surface area (Å²) < 4.78 is -0.0518. The molecule has 88 valence electrons. The summed E-state index contributed by atoms with van der Waals surface area (Å²) in [5.74, 6) is -1.05. The maximum Gasteiger partial charge on any atom is 0.325 e. The number of rotatable bonds is 5. The number of hydrogen-bond donors (Lipinski definition) is 3. The van der Waals surface area contributed by atoms with Gasteiger partial charge in [0.05, 0.1) is 0 Å². The van der Waals surface area contributed by atoms with Gasteiger partial charge in [-0.2, -0.15) is 11.8 Å². The minimum atomic E-state index is -1.05. The van der Waals surface area contributed by atoms with Crippen molar-refractivity contribution in [3.05, 3.63) is 0 Å². The van der Waals surface area contributed by atoms with Crippen molar-refractivity contribution in [1.29, 1.82) is 0 Å². The van der Waals surface area contributed by atoms with Gasteiger partial charge in [0.25, 0.3) is 0 Å². The van der Waals surface area contributed by atoms with Crippen LogP contribution in [0.2, 0.25) is 0 Å². The molecule has 6 heteroatoms. The minimum Gasteiger partial charge on any atom is -0.480 e. The molecule has 3 N–H and O–H groups in total. The van der Waals surface area contributed by atoms with Crippen LogP contribution < -0.4 is 10.6 Å². The lowest BCUT2D eigenvalue weighted by Gasteiger charge is -2.22. The Hall–Kier alpha value is -0.910. The number of carboxylic acids is 1. The van der Waals surface area contributed by atoms with E-state index in [2.05, 4.69) is 10.6 Å². The van der Waals surface area contributed by atoms with Crippen molar-refractivity contribution in [3.8, 4) is 0 Å². The lowest BCUT2D eigenvalue weighted by Crippen LogP contribution is -2.47. The molecular weight excluding hydrogens is 216 g/mol. The van der Waals surface area contributed by atoms with E-state index in [4.69, 9.17) is 5.11 Å². The second-order valence-electron chi connectivity index (χ2n) is 3.85. The van der Waals surface area contributed by atoms with E-state index >= 15 is 0 Å². The van der Waals surface area contributed by atoms with Gasteiger partial charge in [0.15, 0.2) is 0 Å². The molecule has 0 bridgehead atoms. The molecule has 0 fully saturated rings. The van der Waals surface area contributed by atoms with Crippen molar-refractivity contribution in [3.63, 3.8) is 0 Å². The number of urea groups is 1. The number of nitrogens with one attached hydrogen (secondary N) is 2. The predicted octanol–water partition coefficient (Wildman–Crippen LogP) is 0.900. The average molecular weight is 234 g/mol. The van der Waals surface area contributed by atoms with Crippen LogP contribution in [0.15, 0.2) is 0 Å². The third-order valence-corrected chi connectivity index (χ3v) is 3.19. The summed E-state index contributed by atoms with van der Waals surface area (Å²) in [6.45, 7) is 5.91. The molecule has 15 heavy (non-hydrogen) atoms. The number of carbonyl (C=O) groups excluding carboxylic acids is 1. The van der Waals surface area contributed by atoms with Crippen LogP contribution >= 0.6 is 11.8 Å². The van der Waals surface area contributed by atoms with E-state index in [-0.39, 0.29) is 4.75 Å². The van der Waals surface area contributed by atoms with Crippen LogP contribution in [-0.4, -0.2) is 40.7 Å². The molecule has 0 radical (unpaired) electrons. The van der Waals surface area contributed by atoms with E-state index < -0.39 is 18.0 Å². The molecule has 0 aromatic rings. The number of carbonyl (C=O) groups is 2. The Kier molecular flexibility index (Phi) is 5.49. The van der Waals surface area contributed by atoms with Gasteiger partial charge in [0, 0.05) is 11.3 Å². The van der Waals surface area contributed by atoms with Crippen LogP contribution in [-0.2, 0) is 4.79 Å². The zero-order valence-electron chi connectivity index (χ0n) is 9.46. The van der Waals surface area contributed by atoms with Crippen LogP contribution in [0.1, 0.15) is 20.8 Å². The molecule has 0 saturated heterocycles. The summed E-state index contributed by atoms with van der Waals surface area (Å²) in [6, 6.07) is -1.32. The number of carboxylic acid groups (broad SMARTS) is 1. The molecule has 1 atom stereocenters. The largest absolute Gasteiger partial charge is 0.480 e. The van der Waals surface area contributed by atoms with Crippen molar-refractivity contribution in [2.24, 2.45) is 0 Å². The van der Waals surface area contributed by atoms with Crippen molar-refractivity contribution in [1.82, 2.24) is 10.6 Å². The lowest BCUT2D eigenvalue weighted by atomic mass is 10.2. The molecule has 0 heterocycles. The summed E-state index contributed by atoms with van der Waals surface area (Å²) in [4.78, 5) is 21.7. The van der Waals surface area contributed by atoms with Crippen LogP contribution in [0.3, 0.4) is 0 Å². The second-order valence-corrected chi connectivity index (χ2v) is 5.36. The first kappa shape index (κ1) is 14.1. The Morgan fingerprint density at radius 2 is 2.00 bits per heavy atom. The van der Waals surface area contributed by atoms with E-state index in [0.29, 0.717) is 6.54 Å². The van der Waals surface area contributed by atoms with Crippen LogP contribution in [0, 0.1) is 0 Å². The van der Waals surface area contributed by atoms with E-state index in [0.717, 1.165) is 0 Å². The summed E-state index contributed by atoms with van der Waals surface area (Å²) in [6.07, 6.45) is 1.96. The molecule has 0 spiro atoms. The maximum atomic E-state index is 11.2. The third kappa shape index (κ3) is 6.22. The first-order valence-electron chi connectivity index (χ1n) is 4.61. The fourth-order valence-corrected chi connectivity index (χ4v) is 0.891. The molecule has 0 aromatic carbocycles. The van der Waals surface area contributed by atoms with Crippen molar-refractivity contribution < 1.29 is 14.7 Å². The Morgan fingerprint density at radius 1 is 1.47 bits per heavy atom. The number of thioether (sulfide) groups is 1. The highest BCUT2D eigenvalue weighted by atomic mass is 32.2. The third-order valence-electron chi connectivity index (χ3n) is 1.95. The number of aliphatic carboxylic acids is 1. The van der Waals surface area contributed by atoms with E-state index in [9.17, 15) is 9.59 Å². The lowest BCUT2D eigenvalue weighted by molar-refractivity contribution is -0.138. The first-order chi connectivity index (χ1) is 6.78. The molecule has 1 unspecified atom stereocenters. The molecule has 0 aliphatic carbocycles. The fourth-order valence-electron chi connectivity index (χ4n) is 0.675. The number of hydrogen-bond acceptors (Lipinski definition) is 3. The molecule has 0 saturated carbocycles. The fraction of sp³-hybridized carbons (Fsp3) is 0.778. The van der Waals surface area contributed by atoms with Gasteiger partial charge >= 0.3 is 12.0 Å². The van der Waals surface area contributed by atoms with Gasteiger partial charge < -0.3 is 15.7 Å². The smallest absolute Gasteiger partial charge is 0.325 e. The summed E-state index contributed by atoms with van der Waals surface area (Å²) in [5, 5.41) is 13.5. The van der Waals surface area contributed by atoms with Crippen molar-refractivity contribution in [2.75, 3.05) is 12.8 Å². The Balaban J connectivity index is 3.91. The second kappa shape index (κ2) is 5.85. The molecule has 0 aromatic heterocycles. The molecule has 2 amide bonds. The highest BCUT2D eigenvalue weighted by Gasteiger charge is 2.18. The normalized spacial score (nSPS) is 13.1. The summed E-state index contributed by atoms with van der Waals surface area (Å²) >= 11 is 1.64. The van der Waals surface area contributed by atoms with Gasteiger partial charge in [-0.1, -0.05) is 0 Å². The van der Waals surface area contributed by atoms with Crippen LogP contribution in [0.4, 0.5) is 4.79 Å². The Labute approximate surface area is 94.0 Å². The Bertz CT molecular complexity index is 244. The van der Waals surface area contributed by atoms with Gasteiger partial charge in [-0.15, -0.1) is 0 Å². The topological polar surface area (TPSA) is 78.4 Å². The average Bonchev–Trinajstić information content (AvgIpc) is 2.15. The summed E-state index contributed by atoms with van der Waals surface area (Å²) in [7, 11) is 0. The predicted molar refractivity (Wildman–Crippen MR) is 61.2 cm³/mol. The van der Waals surface area contributed by atoms with Crippen LogP contribution in [0.5, 0.6) is 0 Å². The first-order valence-corrected chi connectivity index (χ1v) is 5.83. The zero-order chi connectivity index (χ0) is 12.1. The molecule has 5 nitrogen and oxygen atoms in total. The number of amides is 2. The van der Waals surface area contributed by atoms with Gasteiger partial charge in [-0.3, -0.25) is 4.79 Å². The molecular formula is C9H18N2O3S. The van der Waals surface area contributed by atoms with Gasteiger partial charge in [-0.25, -0.2) is 4.79 Å². The van der Waals surface area contributed by atoms with Crippen LogP contribution in [0.25, 0.3) is 0 Å². The summed E-state index contributed by atoms with van der Waals surface area (Å²) in [5.41, 5.74) is 0. The highest BCUT2D eigenvalue weighted by Crippen LogP contribution is 2.19. The van der Waals surface area contributed by atoms with E-state index in [1.807, 2.05) is 20.1 Å². The monoisotopic (exact) mass is 234 g/mol. The zero-order valence-corrected chi connectivity index (χ0v) is 10.3.